The fraction of sp³-hybridized carbons (Fsp3) is 0.250. The lowest BCUT2D eigenvalue weighted by Crippen LogP contribution is -1.89. The summed E-state index contributed by atoms with van der Waals surface area (Å²) < 4.78 is 0. The van der Waals surface area contributed by atoms with E-state index in [1.807, 2.05) is 0 Å². The van der Waals surface area contributed by atoms with Crippen LogP contribution in [-0.4, -0.2) is 0 Å². The minimum Gasteiger partial charge on any atom is -0.0861 e. The Hall–Kier alpha value is -0.890. The van der Waals surface area contributed by atoms with Gasteiger partial charge in [-0.05, 0) is 29.3 Å². The lowest BCUT2D eigenvalue weighted by Gasteiger charge is -2.07. The molecule has 0 amide bonds. The summed E-state index contributed by atoms with van der Waals surface area (Å²) in [6.45, 7) is 1.76. The molecular weight excluding hydrogens is 209 g/mol. The van der Waals surface area contributed by atoms with Crippen LogP contribution < -0.4 is 0 Å². The molecule has 1 rings (SSSR count). The van der Waals surface area contributed by atoms with Gasteiger partial charge in [-0.15, -0.1) is 0 Å². The molecule has 3 nitrogen and oxygen atoms in total. The normalized spacial score (nSPS) is 11.9. The van der Waals surface area contributed by atoms with Gasteiger partial charge in [0, 0.05) is 15.0 Å². The highest BCUT2D eigenvalue weighted by Gasteiger charge is 2.07. The number of benzene rings is 1. The average molecular weight is 216 g/mol. The van der Waals surface area contributed by atoms with Crippen molar-refractivity contribution in [2.24, 2.45) is 5.11 Å². The standard InChI is InChI=1S/C8H7Cl2N3/c1-5(12-13-11)7-4-6(9)2-3-8(7)10/h2-5H,1H3/t5-/m1/s1. The van der Waals surface area contributed by atoms with Crippen LogP contribution in [0, 0.1) is 0 Å². The molecule has 0 bridgehead atoms. The molecule has 0 aliphatic carbocycles. The van der Waals surface area contributed by atoms with Crippen molar-refractivity contribution in [3.8, 4) is 0 Å². The van der Waals surface area contributed by atoms with Gasteiger partial charge in [0.2, 0.25) is 0 Å². The molecule has 0 unspecified atom stereocenters. The highest BCUT2D eigenvalue weighted by Crippen LogP contribution is 2.28. The highest BCUT2D eigenvalue weighted by atomic mass is 35.5. The van der Waals surface area contributed by atoms with Gasteiger partial charge in [0.25, 0.3) is 0 Å². The van der Waals surface area contributed by atoms with Crippen LogP contribution >= 0.6 is 23.2 Å². The van der Waals surface area contributed by atoms with Crippen molar-refractivity contribution in [3.05, 3.63) is 44.3 Å². The van der Waals surface area contributed by atoms with Crippen molar-refractivity contribution in [2.75, 3.05) is 0 Å². The molecule has 68 valence electrons. The van der Waals surface area contributed by atoms with Gasteiger partial charge in [-0.2, -0.15) is 0 Å². The first-order valence-electron chi connectivity index (χ1n) is 3.64. The summed E-state index contributed by atoms with van der Waals surface area (Å²) >= 11 is 11.7. The van der Waals surface area contributed by atoms with Crippen molar-refractivity contribution >= 4 is 23.2 Å². The molecule has 0 saturated heterocycles. The number of azide groups is 1. The molecule has 0 fully saturated rings. The maximum atomic E-state index is 8.24. The fourth-order valence-corrected chi connectivity index (χ4v) is 1.43. The largest absolute Gasteiger partial charge is 0.0861 e. The van der Waals surface area contributed by atoms with Crippen molar-refractivity contribution < 1.29 is 0 Å². The van der Waals surface area contributed by atoms with E-state index >= 15 is 0 Å². The predicted molar refractivity (Wildman–Crippen MR) is 54.0 cm³/mol. The van der Waals surface area contributed by atoms with E-state index in [9.17, 15) is 0 Å². The molecule has 5 heteroatoms. The van der Waals surface area contributed by atoms with E-state index in [1.165, 1.54) is 0 Å². The topological polar surface area (TPSA) is 48.8 Å². The monoisotopic (exact) mass is 215 g/mol. The van der Waals surface area contributed by atoms with Gasteiger partial charge in [-0.1, -0.05) is 35.2 Å². The van der Waals surface area contributed by atoms with E-state index in [2.05, 4.69) is 10.0 Å². The van der Waals surface area contributed by atoms with Crippen LogP contribution in [0.4, 0.5) is 0 Å². The van der Waals surface area contributed by atoms with E-state index in [0.717, 1.165) is 5.56 Å². The zero-order chi connectivity index (χ0) is 9.84. The summed E-state index contributed by atoms with van der Waals surface area (Å²) in [6.07, 6.45) is 0. The van der Waals surface area contributed by atoms with Gasteiger partial charge in [-0.3, -0.25) is 0 Å². The quantitative estimate of drug-likeness (QED) is 0.400. The molecule has 0 aliphatic heterocycles. The Morgan fingerprint density at radius 3 is 2.77 bits per heavy atom. The van der Waals surface area contributed by atoms with E-state index in [0.29, 0.717) is 10.0 Å². The molecule has 0 aromatic heterocycles. The van der Waals surface area contributed by atoms with Crippen LogP contribution in [0.3, 0.4) is 0 Å². The number of rotatable bonds is 2. The Labute approximate surface area is 85.9 Å². The molecule has 0 saturated carbocycles. The van der Waals surface area contributed by atoms with E-state index in [1.54, 1.807) is 25.1 Å². The molecule has 13 heavy (non-hydrogen) atoms. The summed E-state index contributed by atoms with van der Waals surface area (Å²) in [4.78, 5) is 2.71. The van der Waals surface area contributed by atoms with Gasteiger partial charge >= 0.3 is 0 Å². The Morgan fingerprint density at radius 1 is 1.46 bits per heavy atom. The fourth-order valence-electron chi connectivity index (χ4n) is 0.974. The molecular formula is C8H7Cl2N3. The number of hydrogen-bond donors (Lipinski definition) is 0. The van der Waals surface area contributed by atoms with E-state index in [4.69, 9.17) is 28.7 Å². The minimum absolute atomic E-state index is 0.295. The molecule has 0 aliphatic rings. The van der Waals surface area contributed by atoms with Gasteiger partial charge < -0.3 is 0 Å². The van der Waals surface area contributed by atoms with E-state index < -0.39 is 0 Å². The molecule has 0 N–H and O–H groups in total. The number of nitrogens with zero attached hydrogens (tertiary/aromatic N) is 3. The zero-order valence-corrected chi connectivity index (χ0v) is 8.42. The second-order valence-electron chi connectivity index (χ2n) is 2.55. The molecule has 1 aromatic rings. The van der Waals surface area contributed by atoms with Crippen LogP contribution in [0.1, 0.15) is 18.5 Å². The van der Waals surface area contributed by atoms with Gasteiger partial charge in [0.05, 0.1) is 6.04 Å². The summed E-state index contributed by atoms with van der Waals surface area (Å²) in [5, 5.41) is 4.68. The Bertz CT molecular complexity index is 358. The SMILES string of the molecule is C[C@@H](N=[N+]=[N-])c1cc(Cl)ccc1Cl. The third kappa shape index (κ3) is 2.52. The maximum absolute atomic E-state index is 8.24. The Kier molecular flexibility index (Phi) is 3.43. The van der Waals surface area contributed by atoms with Crippen LogP contribution in [0.25, 0.3) is 10.4 Å². The number of hydrogen-bond acceptors (Lipinski definition) is 1. The first-order chi connectivity index (χ1) is 6.15. The lowest BCUT2D eigenvalue weighted by atomic mass is 10.1. The Morgan fingerprint density at radius 2 is 2.15 bits per heavy atom. The van der Waals surface area contributed by atoms with Crippen molar-refractivity contribution in [3.63, 3.8) is 0 Å². The molecule has 0 spiro atoms. The third-order valence-corrected chi connectivity index (χ3v) is 2.21. The molecule has 0 heterocycles. The first kappa shape index (κ1) is 10.2. The maximum Gasteiger partial charge on any atom is 0.0612 e. The smallest absolute Gasteiger partial charge is 0.0612 e. The second kappa shape index (κ2) is 4.38. The van der Waals surface area contributed by atoms with Crippen LogP contribution in [0.5, 0.6) is 0 Å². The lowest BCUT2D eigenvalue weighted by molar-refractivity contribution is 0.808. The van der Waals surface area contributed by atoms with Gasteiger partial charge in [-0.25, -0.2) is 0 Å². The van der Waals surface area contributed by atoms with Gasteiger partial charge in [0.1, 0.15) is 0 Å². The molecule has 1 aromatic carbocycles. The predicted octanol–water partition coefficient (Wildman–Crippen LogP) is 4.36. The highest BCUT2D eigenvalue weighted by molar-refractivity contribution is 6.33. The van der Waals surface area contributed by atoms with Crippen molar-refractivity contribution in [1.82, 2.24) is 0 Å². The third-order valence-electron chi connectivity index (χ3n) is 1.63. The second-order valence-corrected chi connectivity index (χ2v) is 3.39. The van der Waals surface area contributed by atoms with Crippen molar-refractivity contribution in [2.45, 2.75) is 13.0 Å². The Balaban J connectivity index is 3.12. The van der Waals surface area contributed by atoms with Crippen LogP contribution in [-0.2, 0) is 0 Å². The summed E-state index contributed by atoms with van der Waals surface area (Å²) in [7, 11) is 0. The summed E-state index contributed by atoms with van der Waals surface area (Å²) in [6, 6.07) is 4.78. The molecule has 1 atom stereocenters. The van der Waals surface area contributed by atoms with Crippen LogP contribution in [0.2, 0.25) is 10.0 Å². The number of halogens is 2. The molecule has 0 radical (unpaired) electrons. The van der Waals surface area contributed by atoms with E-state index in [-0.39, 0.29) is 6.04 Å². The summed E-state index contributed by atoms with van der Waals surface area (Å²) in [5.41, 5.74) is 8.98. The van der Waals surface area contributed by atoms with Gasteiger partial charge in [0.15, 0.2) is 0 Å². The first-order valence-corrected chi connectivity index (χ1v) is 4.40. The summed E-state index contributed by atoms with van der Waals surface area (Å²) in [5.74, 6) is 0. The minimum atomic E-state index is -0.295. The zero-order valence-electron chi connectivity index (χ0n) is 6.91. The van der Waals surface area contributed by atoms with Crippen LogP contribution in [0.15, 0.2) is 23.3 Å². The average Bonchev–Trinajstić information content (AvgIpc) is 2.09. The van der Waals surface area contributed by atoms with Crippen molar-refractivity contribution in [1.29, 1.82) is 0 Å².